The molecule has 0 aliphatic heterocycles. The van der Waals surface area contributed by atoms with E-state index < -0.39 is 0 Å². The Labute approximate surface area is 115 Å². The van der Waals surface area contributed by atoms with Crippen LogP contribution in [0.15, 0.2) is 18.5 Å². The van der Waals surface area contributed by atoms with Crippen LogP contribution in [0.4, 0.5) is 0 Å². The number of likely N-dealkylation sites (N-methyl/N-ethyl adjacent to an activating group) is 2. The van der Waals surface area contributed by atoms with E-state index in [1.54, 1.807) is 18.5 Å². The lowest BCUT2D eigenvalue weighted by Gasteiger charge is -2.29. The van der Waals surface area contributed by atoms with E-state index in [2.05, 4.69) is 14.9 Å². The van der Waals surface area contributed by atoms with Gasteiger partial charge in [0.1, 0.15) is 5.82 Å². The Bertz CT molecular complexity index is 378. The summed E-state index contributed by atoms with van der Waals surface area (Å²) >= 11 is 0. The fourth-order valence-electron chi connectivity index (χ4n) is 1.92. The van der Waals surface area contributed by atoms with Crippen LogP contribution in [0.25, 0.3) is 0 Å². The van der Waals surface area contributed by atoms with Gasteiger partial charge in [-0.05, 0) is 33.9 Å². The van der Waals surface area contributed by atoms with Gasteiger partial charge in [-0.3, -0.25) is 9.69 Å². The number of rotatable bonds is 7. The summed E-state index contributed by atoms with van der Waals surface area (Å²) in [5.74, 6) is 0.998. The van der Waals surface area contributed by atoms with E-state index in [1.807, 2.05) is 32.7 Å². The molecule has 0 fully saturated rings. The van der Waals surface area contributed by atoms with Crippen LogP contribution < -0.4 is 0 Å². The van der Waals surface area contributed by atoms with Crippen LogP contribution in [0.5, 0.6) is 0 Å². The smallest absolute Gasteiger partial charge is 0.239 e. The second-order valence-corrected chi connectivity index (χ2v) is 4.58. The Morgan fingerprint density at radius 3 is 2.37 bits per heavy atom. The van der Waals surface area contributed by atoms with Crippen LogP contribution in [0.2, 0.25) is 0 Å². The molecule has 1 heterocycles. The van der Waals surface area contributed by atoms with E-state index in [-0.39, 0.29) is 11.9 Å². The van der Waals surface area contributed by atoms with Crippen molar-refractivity contribution in [2.45, 2.75) is 33.2 Å². The zero-order valence-electron chi connectivity index (χ0n) is 12.3. The maximum atomic E-state index is 12.2. The molecule has 0 bridgehead atoms. The molecule has 106 valence electrons. The Hall–Kier alpha value is -1.49. The number of aromatic nitrogens is 2. The summed E-state index contributed by atoms with van der Waals surface area (Å²) in [6.45, 7) is 8.26. The van der Waals surface area contributed by atoms with E-state index in [0.717, 1.165) is 31.9 Å². The molecule has 1 aromatic heterocycles. The monoisotopic (exact) mass is 264 g/mol. The van der Waals surface area contributed by atoms with Crippen molar-refractivity contribution >= 4 is 5.91 Å². The van der Waals surface area contributed by atoms with Crippen molar-refractivity contribution in [3.05, 3.63) is 24.3 Å². The average molecular weight is 264 g/mol. The van der Waals surface area contributed by atoms with Crippen LogP contribution >= 0.6 is 0 Å². The normalized spacial score (nSPS) is 12.5. The summed E-state index contributed by atoms with van der Waals surface area (Å²) in [6, 6.07) is 1.70. The lowest BCUT2D eigenvalue weighted by Crippen LogP contribution is -2.46. The van der Waals surface area contributed by atoms with Gasteiger partial charge in [0.15, 0.2) is 0 Å². The molecular weight excluding hydrogens is 240 g/mol. The number of carbonyl (C=O) groups is 1. The first-order valence-electron chi connectivity index (χ1n) is 6.85. The molecule has 1 unspecified atom stereocenters. The molecule has 5 heteroatoms. The summed E-state index contributed by atoms with van der Waals surface area (Å²) in [5.41, 5.74) is 0. The summed E-state index contributed by atoms with van der Waals surface area (Å²) < 4.78 is 0. The number of nitrogens with zero attached hydrogens (tertiary/aromatic N) is 4. The first-order chi connectivity index (χ1) is 9.10. The van der Waals surface area contributed by atoms with Crippen LogP contribution in [0.1, 0.15) is 26.6 Å². The average Bonchev–Trinajstić information content (AvgIpc) is 2.46. The third kappa shape index (κ3) is 4.59. The highest BCUT2D eigenvalue weighted by molar-refractivity contribution is 5.81. The largest absolute Gasteiger partial charge is 0.342 e. The quantitative estimate of drug-likeness (QED) is 0.742. The van der Waals surface area contributed by atoms with E-state index >= 15 is 0 Å². The molecule has 0 aliphatic carbocycles. The molecule has 1 aromatic rings. The summed E-state index contributed by atoms with van der Waals surface area (Å²) in [7, 11) is 1.97. The summed E-state index contributed by atoms with van der Waals surface area (Å²) in [4.78, 5) is 24.5. The number of hydrogen-bond donors (Lipinski definition) is 0. The van der Waals surface area contributed by atoms with E-state index in [0.29, 0.717) is 0 Å². The zero-order chi connectivity index (χ0) is 14.3. The Morgan fingerprint density at radius 2 is 1.84 bits per heavy atom. The van der Waals surface area contributed by atoms with Gasteiger partial charge in [-0.2, -0.15) is 0 Å². The first-order valence-corrected chi connectivity index (χ1v) is 6.85. The standard InChI is InChI=1S/C14H24N4O/c1-5-18(6-2)14(19)12(3)17(4)11-8-13-15-9-7-10-16-13/h7,9-10,12H,5-6,8,11H2,1-4H3. The molecule has 0 aromatic carbocycles. The highest BCUT2D eigenvalue weighted by Crippen LogP contribution is 2.03. The zero-order valence-corrected chi connectivity index (χ0v) is 12.3. The van der Waals surface area contributed by atoms with Crippen LogP contribution in [-0.2, 0) is 11.2 Å². The van der Waals surface area contributed by atoms with Gasteiger partial charge < -0.3 is 4.90 Å². The second kappa shape index (κ2) is 7.84. The fourth-order valence-corrected chi connectivity index (χ4v) is 1.92. The van der Waals surface area contributed by atoms with Crippen LogP contribution in [0.3, 0.4) is 0 Å². The minimum atomic E-state index is -0.108. The Kier molecular flexibility index (Phi) is 6.42. The second-order valence-electron chi connectivity index (χ2n) is 4.58. The highest BCUT2D eigenvalue weighted by atomic mass is 16.2. The van der Waals surface area contributed by atoms with Crippen molar-refractivity contribution in [1.29, 1.82) is 0 Å². The number of amides is 1. The molecule has 0 aliphatic rings. The van der Waals surface area contributed by atoms with Gasteiger partial charge in [0.25, 0.3) is 0 Å². The third-order valence-corrected chi connectivity index (χ3v) is 3.40. The van der Waals surface area contributed by atoms with Gasteiger partial charge in [-0.1, -0.05) is 0 Å². The molecule has 5 nitrogen and oxygen atoms in total. The lowest BCUT2D eigenvalue weighted by molar-refractivity contribution is -0.135. The molecule has 0 saturated heterocycles. The fraction of sp³-hybridized carbons (Fsp3) is 0.643. The molecule has 1 amide bonds. The number of hydrogen-bond acceptors (Lipinski definition) is 4. The number of carbonyl (C=O) groups excluding carboxylic acids is 1. The maximum absolute atomic E-state index is 12.2. The predicted octanol–water partition coefficient (Wildman–Crippen LogP) is 1.21. The lowest BCUT2D eigenvalue weighted by atomic mass is 10.2. The minimum absolute atomic E-state index is 0.108. The van der Waals surface area contributed by atoms with E-state index in [9.17, 15) is 4.79 Å². The molecule has 1 rings (SSSR count). The van der Waals surface area contributed by atoms with Gasteiger partial charge in [0.05, 0.1) is 6.04 Å². The molecule has 19 heavy (non-hydrogen) atoms. The molecule has 0 radical (unpaired) electrons. The van der Waals surface area contributed by atoms with Crippen molar-refractivity contribution in [2.24, 2.45) is 0 Å². The molecule has 0 N–H and O–H groups in total. The topological polar surface area (TPSA) is 49.3 Å². The van der Waals surface area contributed by atoms with Crippen molar-refractivity contribution in [3.8, 4) is 0 Å². The van der Waals surface area contributed by atoms with Gasteiger partial charge in [0.2, 0.25) is 5.91 Å². The molecule has 0 saturated carbocycles. The molecule has 0 spiro atoms. The molecule has 1 atom stereocenters. The van der Waals surface area contributed by atoms with Crippen molar-refractivity contribution in [2.75, 3.05) is 26.7 Å². The van der Waals surface area contributed by atoms with E-state index in [1.165, 1.54) is 0 Å². The maximum Gasteiger partial charge on any atom is 0.239 e. The van der Waals surface area contributed by atoms with Crippen molar-refractivity contribution in [3.63, 3.8) is 0 Å². The highest BCUT2D eigenvalue weighted by Gasteiger charge is 2.21. The van der Waals surface area contributed by atoms with Gasteiger partial charge in [-0.15, -0.1) is 0 Å². The summed E-state index contributed by atoms with van der Waals surface area (Å²) in [5, 5.41) is 0. The first kappa shape index (κ1) is 15.6. The van der Waals surface area contributed by atoms with Crippen molar-refractivity contribution < 1.29 is 4.79 Å². The van der Waals surface area contributed by atoms with E-state index in [4.69, 9.17) is 0 Å². The molecular formula is C14H24N4O. The van der Waals surface area contributed by atoms with Gasteiger partial charge >= 0.3 is 0 Å². The predicted molar refractivity (Wildman–Crippen MR) is 75.8 cm³/mol. The van der Waals surface area contributed by atoms with Crippen molar-refractivity contribution in [1.82, 2.24) is 19.8 Å². The Morgan fingerprint density at radius 1 is 1.26 bits per heavy atom. The summed E-state index contributed by atoms with van der Waals surface area (Å²) in [6.07, 6.45) is 4.24. The van der Waals surface area contributed by atoms with Gasteiger partial charge in [-0.25, -0.2) is 9.97 Å². The van der Waals surface area contributed by atoms with Crippen LogP contribution in [0, 0.1) is 0 Å². The van der Waals surface area contributed by atoms with Gasteiger partial charge in [0, 0.05) is 38.4 Å². The third-order valence-electron chi connectivity index (χ3n) is 3.40. The Balaban J connectivity index is 2.48. The van der Waals surface area contributed by atoms with Crippen LogP contribution in [-0.4, -0.2) is 58.4 Å². The SMILES string of the molecule is CCN(CC)C(=O)C(C)N(C)CCc1ncccn1. The minimum Gasteiger partial charge on any atom is -0.342 e.